The fraction of sp³-hybridized carbons (Fsp3) is 0.989. The van der Waals surface area contributed by atoms with Crippen molar-refractivity contribution < 1.29 is 64.6 Å². The largest absolute Gasteiger partial charge is 0.394 e. The van der Waals surface area contributed by atoms with Gasteiger partial charge in [-0.3, -0.25) is 4.79 Å². The maximum absolute atomic E-state index is 13.4. The molecule has 0 aliphatic carbocycles. The van der Waals surface area contributed by atoms with Crippen LogP contribution in [0.1, 0.15) is 483 Å². The lowest BCUT2D eigenvalue weighted by atomic mass is 9.97. The minimum atomic E-state index is -1.78. The van der Waals surface area contributed by atoms with Crippen LogP contribution in [0, 0.1) is 0 Å². The van der Waals surface area contributed by atoms with Gasteiger partial charge in [0.05, 0.1) is 32.0 Å². The summed E-state index contributed by atoms with van der Waals surface area (Å²) >= 11 is 0. The minimum Gasteiger partial charge on any atom is -0.394 e. The second kappa shape index (κ2) is 75.7. The lowest BCUT2D eigenvalue weighted by Gasteiger charge is -2.46. The molecule has 14 nitrogen and oxygen atoms in total. The van der Waals surface area contributed by atoms with Gasteiger partial charge in [0.2, 0.25) is 5.91 Å². The topological polar surface area (TPSA) is 228 Å². The summed E-state index contributed by atoms with van der Waals surface area (Å²) in [5.41, 5.74) is 0. The quantitative estimate of drug-likeness (QED) is 0.0259. The highest BCUT2D eigenvalue weighted by atomic mass is 16.7. The molecule has 0 saturated carbocycles. The molecule has 12 unspecified atom stereocenters. The van der Waals surface area contributed by atoms with Gasteiger partial charge in [-0.15, -0.1) is 0 Å². The molecule has 2 heterocycles. The Morgan fingerprint density at radius 2 is 0.543 bits per heavy atom. The fourth-order valence-electron chi connectivity index (χ4n) is 16.3. The zero-order valence-electron chi connectivity index (χ0n) is 69.3. The molecule has 2 fully saturated rings. The smallest absolute Gasteiger partial charge is 0.220 e. The summed E-state index contributed by atoms with van der Waals surface area (Å²) in [6.45, 7) is 2.96. The van der Waals surface area contributed by atoms with E-state index in [9.17, 15) is 45.6 Å². The van der Waals surface area contributed by atoms with Crippen LogP contribution in [-0.2, 0) is 23.7 Å². The number of aliphatic hydroxyl groups is 8. The van der Waals surface area contributed by atoms with Gasteiger partial charge >= 0.3 is 0 Å². The van der Waals surface area contributed by atoms with Crippen molar-refractivity contribution in [2.75, 3.05) is 19.8 Å². The van der Waals surface area contributed by atoms with Crippen LogP contribution >= 0.6 is 0 Å². The summed E-state index contributed by atoms with van der Waals surface area (Å²) in [7, 11) is 0. The first kappa shape index (κ1) is 100. The van der Waals surface area contributed by atoms with E-state index in [0.717, 1.165) is 51.4 Å². The van der Waals surface area contributed by atoms with Crippen LogP contribution in [-0.4, -0.2) is 140 Å². The molecular weight excluding hydrogens is 1310 g/mol. The second-order valence-electron chi connectivity index (χ2n) is 33.5. The van der Waals surface area contributed by atoms with Gasteiger partial charge in [-0.05, 0) is 12.8 Å². The molecule has 0 radical (unpaired) electrons. The predicted octanol–water partition coefficient (Wildman–Crippen LogP) is 23.0. The Labute approximate surface area is 648 Å². The van der Waals surface area contributed by atoms with Crippen LogP contribution in [0.2, 0.25) is 0 Å². The zero-order chi connectivity index (χ0) is 75.8. The van der Waals surface area contributed by atoms with E-state index in [1.807, 2.05) is 0 Å². The van der Waals surface area contributed by atoms with Gasteiger partial charge in [-0.25, -0.2) is 0 Å². The number of unbranched alkanes of at least 4 members (excludes halogenated alkanes) is 69. The molecular formula is C91H179NO13. The Kier molecular flexibility index (Phi) is 72.1. The Balaban J connectivity index is 1.52. The summed E-state index contributed by atoms with van der Waals surface area (Å²) in [5, 5.41) is 88.1. The number of carbonyl (C=O) groups excluding carboxylic acids is 1. The van der Waals surface area contributed by atoms with Gasteiger partial charge in [0.25, 0.3) is 0 Å². The van der Waals surface area contributed by atoms with E-state index < -0.39 is 86.8 Å². The maximum Gasteiger partial charge on any atom is 0.220 e. The van der Waals surface area contributed by atoms with Gasteiger partial charge in [-0.2, -0.15) is 0 Å². The van der Waals surface area contributed by atoms with Crippen molar-refractivity contribution in [2.45, 2.75) is 556 Å². The summed E-state index contributed by atoms with van der Waals surface area (Å²) in [4.78, 5) is 13.4. The first-order valence-corrected chi connectivity index (χ1v) is 46.8. The molecule has 1 amide bonds. The van der Waals surface area contributed by atoms with Crippen LogP contribution in [0.15, 0.2) is 0 Å². The van der Waals surface area contributed by atoms with Gasteiger partial charge in [0, 0.05) is 6.42 Å². The maximum atomic E-state index is 13.4. The summed E-state index contributed by atoms with van der Waals surface area (Å²) in [5.74, 6) is -0.193. The minimum absolute atomic E-state index is 0.193. The highest BCUT2D eigenvalue weighted by Gasteiger charge is 2.51. The number of amides is 1. The molecule has 2 rings (SSSR count). The van der Waals surface area contributed by atoms with E-state index in [4.69, 9.17) is 18.9 Å². The third kappa shape index (κ3) is 57.6. The number of hydrogen-bond donors (Lipinski definition) is 9. The zero-order valence-corrected chi connectivity index (χ0v) is 69.3. The van der Waals surface area contributed by atoms with E-state index in [2.05, 4.69) is 19.2 Å². The molecule has 0 aromatic heterocycles. The van der Waals surface area contributed by atoms with Crippen molar-refractivity contribution in [3.8, 4) is 0 Å². The number of rotatable bonds is 82. The second-order valence-corrected chi connectivity index (χ2v) is 33.5. The lowest BCUT2D eigenvalue weighted by molar-refractivity contribution is -0.359. The van der Waals surface area contributed by atoms with Gasteiger partial charge < -0.3 is 65.1 Å². The van der Waals surface area contributed by atoms with Crippen molar-refractivity contribution in [2.24, 2.45) is 0 Å². The highest BCUT2D eigenvalue weighted by molar-refractivity contribution is 5.76. The number of hydrogen-bond acceptors (Lipinski definition) is 13. The van der Waals surface area contributed by atoms with E-state index in [1.54, 1.807) is 0 Å². The molecule has 105 heavy (non-hydrogen) atoms. The highest BCUT2D eigenvalue weighted by Crippen LogP contribution is 2.31. The molecule has 14 heteroatoms. The molecule has 2 saturated heterocycles. The predicted molar refractivity (Wildman–Crippen MR) is 439 cm³/mol. The van der Waals surface area contributed by atoms with Crippen molar-refractivity contribution in [3.63, 3.8) is 0 Å². The average molecular weight is 1500 g/mol. The van der Waals surface area contributed by atoms with E-state index >= 15 is 0 Å². The molecule has 0 spiro atoms. The Morgan fingerprint density at radius 1 is 0.305 bits per heavy atom. The first-order valence-electron chi connectivity index (χ1n) is 46.8. The fourth-order valence-corrected chi connectivity index (χ4v) is 16.3. The van der Waals surface area contributed by atoms with E-state index in [1.165, 1.54) is 405 Å². The number of nitrogens with one attached hydrogen (secondary N) is 1. The Morgan fingerprint density at radius 3 is 0.810 bits per heavy atom. The Hall–Kier alpha value is -1.01. The molecule has 0 aromatic carbocycles. The third-order valence-electron chi connectivity index (χ3n) is 23.6. The van der Waals surface area contributed by atoms with Gasteiger partial charge in [0.1, 0.15) is 48.8 Å². The summed E-state index contributed by atoms with van der Waals surface area (Å²) < 4.78 is 23.0. The molecule has 9 N–H and O–H groups in total. The van der Waals surface area contributed by atoms with Crippen LogP contribution in [0.5, 0.6) is 0 Å². The summed E-state index contributed by atoms with van der Waals surface area (Å²) in [6.07, 6.45) is 80.6. The molecule has 626 valence electrons. The van der Waals surface area contributed by atoms with Crippen LogP contribution < -0.4 is 5.32 Å². The van der Waals surface area contributed by atoms with E-state index in [0.29, 0.717) is 12.8 Å². The molecule has 12 atom stereocenters. The number of ether oxygens (including phenoxy) is 4. The third-order valence-corrected chi connectivity index (χ3v) is 23.6. The van der Waals surface area contributed by atoms with Gasteiger partial charge in [0.15, 0.2) is 12.6 Å². The summed E-state index contributed by atoms with van der Waals surface area (Å²) in [6, 6.07) is -0.827. The molecule has 0 aromatic rings. The van der Waals surface area contributed by atoms with Crippen LogP contribution in [0.4, 0.5) is 0 Å². The van der Waals surface area contributed by atoms with Crippen LogP contribution in [0.25, 0.3) is 0 Å². The Bertz CT molecular complexity index is 1760. The van der Waals surface area contributed by atoms with Crippen molar-refractivity contribution in [1.29, 1.82) is 0 Å². The van der Waals surface area contributed by atoms with Crippen LogP contribution in [0.3, 0.4) is 0 Å². The average Bonchev–Trinajstić information content (AvgIpc) is 0.769. The lowest BCUT2D eigenvalue weighted by Crippen LogP contribution is -2.65. The SMILES string of the molecule is CCCCCCCCCCCCCCCCCCCCCCCCCCCCCCCCCCCCCCCCCCCC(=O)NC(COC1OC(CO)C(OC2OC(CO)C(O)C(O)C2O)C(O)C1O)C(O)CCCCCCCCCCCCCCCCCCCCCCCCCCCCCCCC. The molecule has 2 aliphatic heterocycles. The number of carbonyl (C=O) groups is 1. The number of aliphatic hydroxyl groups excluding tert-OH is 8. The van der Waals surface area contributed by atoms with Gasteiger partial charge in [-0.1, -0.05) is 463 Å². The van der Waals surface area contributed by atoms with E-state index in [-0.39, 0.29) is 12.5 Å². The molecule has 2 aliphatic rings. The van der Waals surface area contributed by atoms with Crippen molar-refractivity contribution in [3.05, 3.63) is 0 Å². The van der Waals surface area contributed by atoms with Crippen molar-refractivity contribution in [1.82, 2.24) is 5.32 Å². The van der Waals surface area contributed by atoms with Crippen molar-refractivity contribution >= 4 is 5.91 Å². The first-order chi connectivity index (χ1) is 51.6. The molecule has 0 bridgehead atoms. The monoisotopic (exact) mass is 1490 g/mol. The normalized spacial score (nSPS) is 21.2. The standard InChI is InChI=1S/C91H179NO13/c1-3-5-7-9-11-13-15-17-19-21-23-25-27-29-31-33-35-36-37-38-39-40-41-42-43-44-45-47-49-51-53-55-57-59-61-63-65-67-69-71-73-75-83(96)92-79(78-102-90-88(101)86(99)89(82(77-94)104-90)105-91-87(100)85(98)84(97)81(76-93)103-91)80(95)74-72-70-68-66-64-62-60-58-56-54-52-50-48-46-34-32-30-28-26-24-22-20-18-16-14-12-10-8-6-4-2/h79-82,84-91,93-95,97-101H,3-78H2,1-2H3,(H,92,96).